The van der Waals surface area contributed by atoms with Crippen LogP contribution in [0.1, 0.15) is 50.2 Å². The SMILES string of the molecule is Cc1cc(CNCCC2CCCC(C)C2)ccc1Br. The molecule has 0 saturated heterocycles. The van der Waals surface area contributed by atoms with Crippen LogP contribution in [0.3, 0.4) is 0 Å². The van der Waals surface area contributed by atoms with E-state index in [1.807, 2.05) is 0 Å². The normalized spacial score (nSPS) is 23.5. The van der Waals surface area contributed by atoms with Crippen LogP contribution in [0.25, 0.3) is 0 Å². The Bertz CT molecular complexity index is 402. The minimum absolute atomic E-state index is 0.952. The maximum Gasteiger partial charge on any atom is 0.0205 e. The van der Waals surface area contributed by atoms with Gasteiger partial charge in [-0.1, -0.05) is 54.2 Å². The molecule has 0 spiro atoms. The van der Waals surface area contributed by atoms with E-state index >= 15 is 0 Å². The molecule has 0 radical (unpaired) electrons. The average Bonchev–Trinajstić information content (AvgIpc) is 2.39. The second-order valence-electron chi connectivity index (χ2n) is 6.19. The van der Waals surface area contributed by atoms with Crippen LogP contribution in [0.5, 0.6) is 0 Å². The third-order valence-electron chi connectivity index (χ3n) is 4.33. The van der Waals surface area contributed by atoms with E-state index in [1.54, 1.807) is 0 Å². The second-order valence-corrected chi connectivity index (χ2v) is 7.04. The standard InChI is InChI=1S/C17H26BrN/c1-13-4-3-5-15(10-13)8-9-19-12-16-6-7-17(18)14(2)11-16/h6-7,11,13,15,19H,3-5,8-10,12H2,1-2H3. The van der Waals surface area contributed by atoms with Crippen molar-refractivity contribution in [2.45, 2.75) is 52.5 Å². The summed E-state index contributed by atoms with van der Waals surface area (Å²) in [7, 11) is 0. The largest absolute Gasteiger partial charge is 0.313 e. The van der Waals surface area contributed by atoms with E-state index in [4.69, 9.17) is 0 Å². The van der Waals surface area contributed by atoms with Gasteiger partial charge < -0.3 is 5.32 Å². The predicted octanol–water partition coefficient (Wildman–Crippen LogP) is 5.06. The molecule has 0 aromatic heterocycles. The van der Waals surface area contributed by atoms with Gasteiger partial charge in [-0.2, -0.15) is 0 Å². The summed E-state index contributed by atoms with van der Waals surface area (Å²) in [6, 6.07) is 6.61. The first kappa shape index (κ1) is 15.1. The van der Waals surface area contributed by atoms with Crippen molar-refractivity contribution in [1.29, 1.82) is 0 Å². The topological polar surface area (TPSA) is 12.0 Å². The summed E-state index contributed by atoms with van der Waals surface area (Å²) in [6.45, 7) is 6.71. The van der Waals surface area contributed by atoms with Crippen LogP contribution in [0.15, 0.2) is 22.7 Å². The number of hydrogen-bond acceptors (Lipinski definition) is 1. The minimum atomic E-state index is 0.952. The molecule has 2 unspecified atom stereocenters. The number of aryl methyl sites for hydroxylation is 1. The van der Waals surface area contributed by atoms with Gasteiger partial charge in [0.05, 0.1) is 0 Å². The third-order valence-corrected chi connectivity index (χ3v) is 5.22. The monoisotopic (exact) mass is 323 g/mol. The molecule has 0 bridgehead atoms. The van der Waals surface area contributed by atoms with Crippen LogP contribution in [0.4, 0.5) is 0 Å². The zero-order valence-corrected chi connectivity index (χ0v) is 13.8. The Morgan fingerprint density at radius 3 is 2.89 bits per heavy atom. The van der Waals surface area contributed by atoms with E-state index in [2.05, 4.69) is 53.3 Å². The Morgan fingerprint density at radius 1 is 1.32 bits per heavy atom. The van der Waals surface area contributed by atoms with Gasteiger partial charge in [-0.25, -0.2) is 0 Å². The van der Waals surface area contributed by atoms with Crippen molar-refractivity contribution < 1.29 is 0 Å². The van der Waals surface area contributed by atoms with Gasteiger partial charge in [0.1, 0.15) is 0 Å². The zero-order chi connectivity index (χ0) is 13.7. The van der Waals surface area contributed by atoms with E-state index in [0.717, 1.165) is 24.9 Å². The highest BCUT2D eigenvalue weighted by Gasteiger charge is 2.17. The molecule has 106 valence electrons. The van der Waals surface area contributed by atoms with Crippen LogP contribution in [0.2, 0.25) is 0 Å². The first-order valence-electron chi connectivity index (χ1n) is 7.61. The number of rotatable bonds is 5. The lowest BCUT2D eigenvalue weighted by atomic mass is 9.81. The molecule has 1 saturated carbocycles. The van der Waals surface area contributed by atoms with Gasteiger partial charge in [-0.3, -0.25) is 0 Å². The first-order valence-corrected chi connectivity index (χ1v) is 8.40. The van der Waals surface area contributed by atoms with Crippen molar-refractivity contribution in [2.75, 3.05) is 6.54 Å². The van der Waals surface area contributed by atoms with Crippen molar-refractivity contribution in [3.8, 4) is 0 Å². The lowest BCUT2D eigenvalue weighted by molar-refractivity contribution is 0.267. The number of nitrogens with one attached hydrogen (secondary N) is 1. The quantitative estimate of drug-likeness (QED) is 0.746. The summed E-state index contributed by atoms with van der Waals surface area (Å²) in [6.07, 6.45) is 7.13. The fourth-order valence-electron chi connectivity index (χ4n) is 3.18. The van der Waals surface area contributed by atoms with Crippen molar-refractivity contribution >= 4 is 15.9 Å². The smallest absolute Gasteiger partial charge is 0.0205 e. The number of halogens is 1. The summed E-state index contributed by atoms with van der Waals surface area (Å²) in [5, 5.41) is 3.60. The fourth-order valence-corrected chi connectivity index (χ4v) is 3.42. The molecule has 0 amide bonds. The maximum atomic E-state index is 3.60. The Labute approximate surface area is 126 Å². The second kappa shape index (κ2) is 7.44. The summed E-state index contributed by atoms with van der Waals surface area (Å²) < 4.78 is 1.20. The van der Waals surface area contributed by atoms with Crippen LogP contribution in [0, 0.1) is 18.8 Å². The lowest BCUT2D eigenvalue weighted by Gasteiger charge is -2.26. The van der Waals surface area contributed by atoms with Crippen molar-refractivity contribution in [3.05, 3.63) is 33.8 Å². The number of hydrogen-bond donors (Lipinski definition) is 1. The van der Waals surface area contributed by atoms with E-state index in [-0.39, 0.29) is 0 Å². The van der Waals surface area contributed by atoms with Crippen LogP contribution in [-0.4, -0.2) is 6.54 Å². The molecule has 1 nitrogen and oxygen atoms in total. The van der Waals surface area contributed by atoms with Crippen molar-refractivity contribution in [2.24, 2.45) is 11.8 Å². The molecule has 1 fully saturated rings. The fraction of sp³-hybridized carbons (Fsp3) is 0.647. The summed E-state index contributed by atoms with van der Waals surface area (Å²) in [5.41, 5.74) is 2.71. The highest BCUT2D eigenvalue weighted by Crippen LogP contribution is 2.30. The molecule has 2 rings (SSSR count). The average molecular weight is 324 g/mol. The van der Waals surface area contributed by atoms with Crippen LogP contribution >= 0.6 is 15.9 Å². The van der Waals surface area contributed by atoms with Gasteiger partial charge in [0.2, 0.25) is 0 Å². The third kappa shape index (κ3) is 4.92. The molecule has 2 heteroatoms. The first-order chi connectivity index (χ1) is 9.15. The Kier molecular flexibility index (Phi) is 5.90. The van der Waals surface area contributed by atoms with Gasteiger partial charge in [-0.15, -0.1) is 0 Å². The molecule has 0 aliphatic heterocycles. The number of benzene rings is 1. The van der Waals surface area contributed by atoms with Gasteiger partial charge in [0, 0.05) is 11.0 Å². The Balaban J connectivity index is 1.67. The van der Waals surface area contributed by atoms with Crippen LogP contribution < -0.4 is 5.32 Å². The molecule has 1 aliphatic rings. The van der Waals surface area contributed by atoms with Gasteiger partial charge in [0.25, 0.3) is 0 Å². The molecule has 2 atom stereocenters. The molecule has 1 aromatic rings. The van der Waals surface area contributed by atoms with Gasteiger partial charge >= 0.3 is 0 Å². The highest BCUT2D eigenvalue weighted by molar-refractivity contribution is 9.10. The molecule has 0 heterocycles. The molecular weight excluding hydrogens is 298 g/mol. The van der Waals surface area contributed by atoms with E-state index in [9.17, 15) is 0 Å². The Hall–Kier alpha value is -0.340. The van der Waals surface area contributed by atoms with E-state index < -0.39 is 0 Å². The maximum absolute atomic E-state index is 3.60. The van der Waals surface area contributed by atoms with Crippen molar-refractivity contribution in [3.63, 3.8) is 0 Å². The van der Waals surface area contributed by atoms with Gasteiger partial charge in [-0.05, 0) is 55.3 Å². The highest BCUT2D eigenvalue weighted by atomic mass is 79.9. The molecule has 1 N–H and O–H groups in total. The van der Waals surface area contributed by atoms with E-state index in [1.165, 1.54) is 47.7 Å². The lowest BCUT2D eigenvalue weighted by Crippen LogP contribution is -2.21. The summed E-state index contributed by atoms with van der Waals surface area (Å²) >= 11 is 3.55. The molecular formula is C17H26BrN. The molecule has 1 aliphatic carbocycles. The van der Waals surface area contributed by atoms with E-state index in [0.29, 0.717) is 0 Å². The summed E-state index contributed by atoms with van der Waals surface area (Å²) in [4.78, 5) is 0. The molecule has 19 heavy (non-hydrogen) atoms. The minimum Gasteiger partial charge on any atom is -0.313 e. The Morgan fingerprint density at radius 2 is 2.16 bits per heavy atom. The zero-order valence-electron chi connectivity index (χ0n) is 12.2. The summed E-state index contributed by atoms with van der Waals surface area (Å²) in [5.74, 6) is 1.91. The van der Waals surface area contributed by atoms with Gasteiger partial charge in [0.15, 0.2) is 0 Å². The van der Waals surface area contributed by atoms with Crippen LogP contribution in [-0.2, 0) is 6.54 Å². The predicted molar refractivity (Wildman–Crippen MR) is 86.3 cm³/mol. The molecule has 1 aromatic carbocycles. The van der Waals surface area contributed by atoms with Crippen molar-refractivity contribution in [1.82, 2.24) is 5.32 Å².